The molecule has 0 aliphatic heterocycles. The number of rotatable bonds is 52. The van der Waals surface area contributed by atoms with E-state index in [4.69, 9.17) is 28.4 Å². The lowest BCUT2D eigenvalue weighted by Gasteiger charge is -2.29. The zero-order chi connectivity index (χ0) is 63.9. The highest BCUT2D eigenvalue weighted by molar-refractivity contribution is 5.74. The molecule has 1 atom stereocenters. The van der Waals surface area contributed by atoms with Crippen LogP contribution >= 0.6 is 0 Å². The van der Waals surface area contributed by atoms with E-state index in [0.717, 1.165) is 205 Å². The number of ether oxygens (including phenoxy) is 6. The molecule has 4 rings (SSSR count). The molecule has 89 heavy (non-hydrogen) atoms. The van der Waals surface area contributed by atoms with Gasteiger partial charge in [0.25, 0.3) is 0 Å². The summed E-state index contributed by atoms with van der Waals surface area (Å²) in [5, 5.41) is 9.65. The van der Waals surface area contributed by atoms with Crippen LogP contribution in [0.3, 0.4) is 0 Å². The summed E-state index contributed by atoms with van der Waals surface area (Å²) in [5.74, 6) is 1.25. The number of carbonyl (C=O) groups is 5. The zero-order valence-corrected chi connectivity index (χ0v) is 58.1. The van der Waals surface area contributed by atoms with Gasteiger partial charge in [-0.2, -0.15) is 0 Å². The predicted molar refractivity (Wildman–Crippen MR) is 359 cm³/mol. The summed E-state index contributed by atoms with van der Waals surface area (Å²) in [5.41, 5.74) is 0. The first kappa shape index (κ1) is 78.7. The molecular weight excluding hydrogens is 1120 g/mol. The monoisotopic (exact) mass is 1260 g/mol. The molecule has 0 heterocycles. The highest BCUT2D eigenvalue weighted by atomic mass is 16.6. The molecule has 4 saturated carbocycles. The van der Waals surface area contributed by atoms with E-state index >= 15 is 0 Å². The largest absolute Gasteiger partial charge is 0.465 e. The first-order valence-electron chi connectivity index (χ1n) is 38.2. The normalized spacial score (nSPS) is 23.3. The van der Waals surface area contributed by atoms with Gasteiger partial charge in [-0.05, 0) is 179 Å². The van der Waals surface area contributed by atoms with Gasteiger partial charge in [-0.1, -0.05) is 175 Å². The molecule has 0 radical (unpaired) electrons. The van der Waals surface area contributed by atoms with Crippen LogP contribution in [-0.2, 0) is 52.4 Å². The molecular formula is C76H137NO12. The Morgan fingerprint density at radius 2 is 0.663 bits per heavy atom. The van der Waals surface area contributed by atoms with E-state index in [2.05, 4.69) is 39.5 Å². The van der Waals surface area contributed by atoms with Crippen molar-refractivity contribution in [1.82, 2.24) is 4.90 Å². The summed E-state index contributed by atoms with van der Waals surface area (Å²) < 4.78 is 35.9. The third-order valence-electron chi connectivity index (χ3n) is 21.1. The van der Waals surface area contributed by atoms with Crippen molar-refractivity contribution in [1.29, 1.82) is 0 Å². The minimum absolute atomic E-state index is 0.0317. The van der Waals surface area contributed by atoms with E-state index in [-0.39, 0.29) is 105 Å². The van der Waals surface area contributed by atoms with Crippen molar-refractivity contribution in [2.75, 3.05) is 65.9 Å². The third kappa shape index (κ3) is 36.5. The first-order chi connectivity index (χ1) is 43.4. The van der Waals surface area contributed by atoms with Crippen molar-refractivity contribution in [3.8, 4) is 0 Å². The molecule has 1 N–H and O–H groups in total. The van der Waals surface area contributed by atoms with E-state index in [1.54, 1.807) is 0 Å². The van der Waals surface area contributed by atoms with Crippen LogP contribution in [0.2, 0.25) is 0 Å². The summed E-state index contributed by atoms with van der Waals surface area (Å²) in [6, 6.07) is 0. The number of aliphatic hydroxyl groups is 1. The second-order valence-corrected chi connectivity index (χ2v) is 28.9. The predicted octanol–water partition coefficient (Wildman–Crippen LogP) is 18.3. The maximum atomic E-state index is 13.3. The Balaban J connectivity index is 1.09. The minimum Gasteiger partial charge on any atom is -0.465 e. The fourth-order valence-electron chi connectivity index (χ4n) is 14.8. The summed E-state index contributed by atoms with van der Waals surface area (Å²) in [4.78, 5) is 68.7. The molecule has 0 saturated heterocycles. The summed E-state index contributed by atoms with van der Waals surface area (Å²) in [7, 11) is 0. The van der Waals surface area contributed by atoms with Gasteiger partial charge < -0.3 is 38.4 Å². The van der Waals surface area contributed by atoms with Crippen LogP contribution < -0.4 is 0 Å². The maximum absolute atomic E-state index is 13.3. The Kier molecular flexibility index (Phi) is 44.8. The van der Waals surface area contributed by atoms with Crippen molar-refractivity contribution < 1.29 is 57.5 Å². The van der Waals surface area contributed by atoms with E-state index in [1.807, 2.05) is 0 Å². The number of hydrogen-bond acceptors (Lipinski definition) is 13. The Morgan fingerprint density at radius 3 is 1.01 bits per heavy atom. The lowest BCUT2D eigenvalue weighted by molar-refractivity contribution is -0.160. The van der Waals surface area contributed by atoms with Crippen LogP contribution in [0.4, 0.5) is 0 Å². The molecule has 0 aromatic carbocycles. The fraction of sp³-hybridized carbons (Fsp3) is 0.934. The molecule has 0 aromatic heterocycles. The van der Waals surface area contributed by atoms with Gasteiger partial charge in [0.05, 0.1) is 61.4 Å². The zero-order valence-electron chi connectivity index (χ0n) is 58.1. The molecule has 0 bridgehead atoms. The topological polar surface area (TPSA) is 164 Å². The van der Waals surface area contributed by atoms with Crippen LogP contribution in [0.15, 0.2) is 0 Å². The van der Waals surface area contributed by atoms with Crippen LogP contribution in [-0.4, -0.2) is 112 Å². The van der Waals surface area contributed by atoms with Crippen molar-refractivity contribution in [3.63, 3.8) is 0 Å². The number of esters is 5. The number of nitrogens with zero attached hydrogens (tertiary/aromatic N) is 1. The Hall–Kier alpha value is -2.77. The molecule has 13 nitrogen and oxygen atoms in total. The van der Waals surface area contributed by atoms with Crippen molar-refractivity contribution >= 4 is 29.8 Å². The van der Waals surface area contributed by atoms with E-state index in [0.29, 0.717) is 24.9 Å². The van der Waals surface area contributed by atoms with Gasteiger partial charge in [-0.3, -0.25) is 24.0 Å². The molecule has 0 spiro atoms. The standard InChI is InChI=1S/C76H137NO12/c1-6-10-20-30-62-35-43-68(44-36-62)73(80)86-57-66(58-87-74(81)69-45-37-63(38-46-69)31-21-11-7-2)55-84-61(5)29-24-16-14-18-26-51-77(53-28-54-78)52-27-19-15-17-25-34-72(79)85-56-67(59-88-75(82)70-47-39-64(40-48-70)32-22-12-8-3)60-89-76(83)71-49-41-65(42-50-71)33-23-13-9-4/h61-71,78H,6-60H2,1-5H3. The molecule has 13 heteroatoms. The second kappa shape index (κ2) is 50.7. The molecule has 4 aliphatic carbocycles. The van der Waals surface area contributed by atoms with Crippen LogP contribution in [0.5, 0.6) is 0 Å². The Bertz CT molecular complexity index is 1690. The van der Waals surface area contributed by atoms with Crippen molar-refractivity contribution in [2.24, 2.45) is 59.2 Å². The Morgan fingerprint density at radius 1 is 0.360 bits per heavy atom. The van der Waals surface area contributed by atoms with E-state index in [1.165, 1.54) is 109 Å². The minimum atomic E-state index is -0.396. The van der Waals surface area contributed by atoms with Gasteiger partial charge in [-0.25, -0.2) is 0 Å². The number of hydrogen-bond donors (Lipinski definition) is 1. The average molecular weight is 1260 g/mol. The van der Waals surface area contributed by atoms with Crippen LogP contribution in [0.1, 0.15) is 324 Å². The highest BCUT2D eigenvalue weighted by Crippen LogP contribution is 2.37. The van der Waals surface area contributed by atoms with Crippen molar-refractivity contribution in [2.45, 2.75) is 330 Å². The molecule has 1 unspecified atom stereocenters. The summed E-state index contributed by atoms with van der Waals surface area (Å²) in [6.45, 7) is 15.3. The number of unbranched alkanes of at least 4 members (excludes halogenated alkanes) is 16. The van der Waals surface area contributed by atoms with Crippen LogP contribution in [0, 0.1) is 59.2 Å². The van der Waals surface area contributed by atoms with Gasteiger partial charge in [0.15, 0.2) is 0 Å². The third-order valence-corrected chi connectivity index (χ3v) is 21.1. The summed E-state index contributed by atoms with van der Waals surface area (Å²) in [6.07, 6.45) is 48.7. The van der Waals surface area contributed by atoms with Crippen molar-refractivity contribution in [3.05, 3.63) is 0 Å². The van der Waals surface area contributed by atoms with E-state index in [9.17, 15) is 29.1 Å². The van der Waals surface area contributed by atoms with Crippen LogP contribution in [0.25, 0.3) is 0 Å². The van der Waals surface area contributed by atoms with Gasteiger partial charge in [0.1, 0.15) is 19.8 Å². The SMILES string of the molecule is CCCCCC1CCC(C(=O)OCC(COC(=O)CCCCCCCN(CCCO)CCCCCCCC(C)OCC(COC(=O)C2CCC(CCCCC)CC2)COC(=O)C2CCC(CCCCC)CC2)COC(=O)C2CCC(CCCCC)CC2)CC1. The molecule has 0 aromatic rings. The molecule has 4 aliphatic rings. The number of aliphatic hydroxyl groups excluding tert-OH is 1. The molecule has 518 valence electrons. The molecule has 0 amide bonds. The van der Waals surface area contributed by atoms with E-state index < -0.39 is 5.92 Å². The summed E-state index contributed by atoms with van der Waals surface area (Å²) >= 11 is 0. The quantitative estimate of drug-likeness (QED) is 0.0348. The van der Waals surface area contributed by atoms with Gasteiger partial charge in [-0.15, -0.1) is 0 Å². The Labute approximate surface area is 544 Å². The number of carbonyl (C=O) groups excluding carboxylic acids is 5. The van der Waals surface area contributed by atoms with Gasteiger partial charge >= 0.3 is 29.8 Å². The first-order valence-corrected chi connectivity index (χ1v) is 38.2. The smallest absolute Gasteiger partial charge is 0.308 e. The lowest BCUT2D eigenvalue weighted by Crippen LogP contribution is -2.31. The highest BCUT2D eigenvalue weighted by Gasteiger charge is 2.33. The lowest BCUT2D eigenvalue weighted by atomic mass is 9.80. The fourth-order valence-corrected chi connectivity index (χ4v) is 14.8. The molecule has 4 fully saturated rings. The van der Waals surface area contributed by atoms with Gasteiger partial charge in [0, 0.05) is 19.6 Å². The average Bonchev–Trinajstić information content (AvgIpc) is 3.70. The second-order valence-electron chi connectivity index (χ2n) is 28.9. The maximum Gasteiger partial charge on any atom is 0.308 e. The van der Waals surface area contributed by atoms with Gasteiger partial charge in [0.2, 0.25) is 0 Å².